The summed E-state index contributed by atoms with van der Waals surface area (Å²) in [5, 5.41) is 0.0159. The van der Waals surface area contributed by atoms with E-state index in [4.69, 9.17) is 9.15 Å². The molecule has 1 N–H and O–H groups in total. The van der Waals surface area contributed by atoms with E-state index in [2.05, 4.69) is 4.98 Å². The van der Waals surface area contributed by atoms with Crippen molar-refractivity contribution in [3.05, 3.63) is 77.0 Å². The molecule has 5 heteroatoms. The smallest absolute Gasteiger partial charge is 0.200 e. The second-order valence-corrected chi connectivity index (χ2v) is 5.58. The van der Waals surface area contributed by atoms with Gasteiger partial charge in [0.1, 0.15) is 17.3 Å². The summed E-state index contributed by atoms with van der Waals surface area (Å²) in [6.45, 7) is 0. The van der Waals surface area contributed by atoms with Gasteiger partial charge in [-0.3, -0.25) is 4.79 Å². The molecule has 0 spiro atoms. The van der Waals surface area contributed by atoms with Gasteiger partial charge in [-0.15, -0.1) is 0 Å². The topological polar surface area (TPSA) is 55.2 Å². The van der Waals surface area contributed by atoms with E-state index < -0.39 is 5.82 Å². The van der Waals surface area contributed by atoms with Crippen LogP contribution in [0.3, 0.4) is 0 Å². The van der Waals surface area contributed by atoms with Gasteiger partial charge in [-0.1, -0.05) is 12.1 Å². The second-order valence-electron chi connectivity index (χ2n) is 5.58. The van der Waals surface area contributed by atoms with Gasteiger partial charge in [0.2, 0.25) is 0 Å². The molecule has 2 aromatic heterocycles. The fraction of sp³-hybridized carbons (Fsp3) is 0.0500. The minimum Gasteiger partial charge on any atom is -0.497 e. The van der Waals surface area contributed by atoms with Gasteiger partial charge >= 0.3 is 0 Å². The number of fused-ring (bicyclic) bond motifs is 1. The number of nitrogens with one attached hydrogen (secondary N) is 1. The van der Waals surface area contributed by atoms with Crippen LogP contribution in [0, 0.1) is 5.82 Å². The third-order valence-corrected chi connectivity index (χ3v) is 4.17. The molecule has 2 heterocycles. The summed E-state index contributed by atoms with van der Waals surface area (Å²) in [6.07, 6.45) is 3.13. The van der Waals surface area contributed by atoms with Gasteiger partial charge in [-0.05, 0) is 42.0 Å². The summed E-state index contributed by atoms with van der Waals surface area (Å²) in [4.78, 5) is 16.0. The zero-order chi connectivity index (χ0) is 17.4. The average Bonchev–Trinajstić information content (AvgIpc) is 3.17. The van der Waals surface area contributed by atoms with E-state index in [0.717, 1.165) is 0 Å². The standard InChI is InChI=1S/C20H14FNO3/c1-24-13-6-4-12(5-7-13)15-11-22-19-14(17-3-2-10-25-17)8-9-16(21)18(19)20(15)23/h2-11H,1H3,(H,22,23). The molecule has 0 aliphatic carbocycles. The summed E-state index contributed by atoms with van der Waals surface area (Å²) in [5.74, 6) is 0.687. The van der Waals surface area contributed by atoms with E-state index in [1.165, 1.54) is 12.3 Å². The van der Waals surface area contributed by atoms with Crippen LogP contribution < -0.4 is 10.2 Å². The number of aromatic nitrogens is 1. The monoisotopic (exact) mass is 335 g/mol. The number of halogens is 1. The molecule has 0 radical (unpaired) electrons. The van der Waals surface area contributed by atoms with Crippen molar-refractivity contribution < 1.29 is 13.5 Å². The van der Waals surface area contributed by atoms with Crippen molar-refractivity contribution in [2.75, 3.05) is 7.11 Å². The minimum atomic E-state index is -0.568. The SMILES string of the molecule is COc1ccc(-c2c[nH]c3c(-c4ccco4)ccc(F)c3c2=O)cc1. The van der Waals surface area contributed by atoms with Crippen LogP contribution in [0.1, 0.15) is 0 Å². The molecule has 0 bridgehead atoms. The Kier molecular flexibility index (Phi) is 3.61. The number of methoxy groups -OCH3 is 1. The molecule has 0 aliphatic heterocycles. The maximum Gasteiger partial charge on any atom is 0.200 e. The Morgan fingerprint density at radius 2 is 1.84 bits per heavy atom. The van der Waals surface area contributed by atoms with Crippen LogP contribution in [-0.2, 0) is 0 Å². The molecule has 0 fully saturated rings. The minimum absolute atomic E-state index is 0.0159. The number of furan rings is 1. The molecule has 0 atom stereocenters. The number of rotatable bonds is 3. The number of aromatic amines is 1. The number of H-pyrrole nitrogens is 1. The predicted molar refractivity (Wildman–Crippen MR) is 94.2 cm³/mol. The molecular weight excluding hydrogens is 321 g/mol. The zero-order valence-electron chi connectivity index (χ0n) is 13.4. The Balaban J connectivity index is 1.96. The Bertz CT molecular complexity index is 1100. The molecule has 0 amide bonds. The summed E-state index contributed by atoms with van der Waals surface area (Å²) in [5.41, 5.74) is 1.76. The highest BCUT2D eigenvalue weighted by molar-refractivity contribution is 5.94. The number of benzene rings is 2. The van der Waals surface area contributed by atoms with E-state index in [1.807, 2.05) is 0 Å². The van der Waals surface area contributed by atoms with Gasteiger partial charge in [-0.2, -0.15) is 0 Å². The van der Waals surface area contributed by atoms with Crippen molar-refractivity contribution in [1.29, 1.82) is 0 Å². The zero-order valence-corrected chi connectivity index (χ0v) is 13.4. The number of hydrogen-bond acceptors (Lipinski definition) is 3. The molecule has 0 saturated carbocycles. The lowest BCUT2D eigenvalue weighted by Crippen LogP contribution is -2.09. The van der Waals surface area contributed by atoms with Gasteiger partial charge in [0.05, 0.1) is 24.3 Å². The van der Waals surface area contributed by atoms with Crippen molar-refractivity contribution >= 4 is 10.9 Å². The van der Waals surface area contributed by atoms with Gasteiger partial charge in [0.25, 0.3) is 0 Å². The first kappa shape index (κ1) is 15.2. The first-order valence-corrected chi connectivity index (χ1v) is 7.71. The Morgan fingerprint density at radius 1 is 1.04 bits per heavy atom. The van der Waals surface area contributed by atoms with E-state index in [9.17, 15) is 9.18 Å². The highest BCUT2D eigenvalue weighted by Gasteiger charge is 2.16. The number of ether oxygens (including phenoxy) is 1. The van der Waals surface area contributed by atoms with E-state index in [-0.39, 0.29) is 10.8 Å². The molecule has 0 unspecified atom stereocenters. The molecule has 0 aliphatic rings. The second kappa shape index (κ2) is 5.94. The predicted octanol–water partition coefficient (Wildman–Crippen LogP) is 4.60. The molecule has 4 aromatic rings. The summed E-state index contributed by atoms with van der Waals surface area (Å²) in [7, 11) is 1.57. The van der Waals surface area contributed by atoms with Gasteiger partial charge in [0, 0.05) is 17.3 Å². The number of pyridine rings is 1. The molecule has 2 aromatic carbocycles. The summed E-state index contributed by atoms with van der Waals surface area (Å²) >= 11 is 0. The summed E-state index contributed by atoms with van der Waals surface area (Å²) < 4.78 is 24.9. The lowest BCUT2D eigenvalue weighted by molar-refractivity contribution is 0.415. The van der Waals surface area contributed by atoms with Crippen LogP contribution in [0.2, 0.25) is 0 Å². The molecule has 124 valence electrons. The van der Waals surface area contributed by atoms with Crippen LogP contribution in [-0.4, -0.2) is 12.1 Å². The van der Waals surface area contributed by atoms with Crippen LogP contribution in [0.25, 0.3) is 33.4 Å². The molecule has 0 saturated heterocycles. The third-order valence-electron chi connectivity index (χ3n) is 4.17. The van der Waals surface area contributed by atoms with Gasteiger partial charge in [0.15, 0.2) is 5.43 Å². The molecular formula is C20H14FNO3. The fourth-order valence-electron chi connectivity index (χ4n) is 2.92. The van der Waals surface area contributed by atoms with E-state index in [1.54, 1.807) is 55.8 Å². The molecule has 25 heavy (non-hydrogen) atoms. The first-order chi connectivity index (χ1) is 12.2. The van der Waals surface area contributed by atoms with Gasteiger partial charge < -0.3 is 14.1 Å². The highest BCUT2D eigenvalue weighted by Crippen LogP contribution is 2.29. The normalized spacial score (nSPS) is 11.0. The highest BCUT2D eigenvalue weighted by atomic mass is 19.1. The van der Waals surface area contributed by atoms with Crippen LogP contribution >= 0.6 is 0 Å². The van der Waals surface area contributed by atoms with E-state index >= 15 is 0 Å². The number of hydrogen-bond donors (Lipinski definition) is 1. The van der Waals surface area contributed by atoms with Crippen LogP contribution in [0.4, 0.5) is 4.39 Å². The van der Waals surface area contributed by atoms with Crippen LogP contribution in [0.15, 0.2) is 70.2 Å². The van der Waals surface area contributed by atoms with Gasteiger partial charge in [-0.25, -0.2) is 4.39 Å². The summed E-state index contributed by atoms with van der Waals surface area (Å²) in [6, 6.07) is 13.4. The van der Waals surface area contributed by atoms with Crippen LogP contribution in [0.5, 0.6) is 5.75 Å². The van der Waals surface area contributed by atoms with Crippen molar-refractivity contribution in [2.24, 2.45) is 0 Å². The lowest BCUT2D eigenvalue weighted by atomic mass is 10.0. The molecule has 4 rings (SSSR count). The quantitative estimate of drug-likeness (QED) is 0.595. The van der Waals surface area contributed by atoms with Crippen molar-refractivity contribution in [2.45, 2.75) is 0 Å². The Labute approximate surface area is 142 Å². The van der Waals surface area contributed by atoms with E-state index in [0.29, 0.717) is 33.7 Å². The average molecular weight is 335 g/mol. The molecule has 4 nitrogen and oxygen atoms in total. The Morgan fingerprint density at radius 3 is 2.52 bits per heavy atom. The Hall–Kier alpha value is -3.34. The lowest BCUT2D eigenvalue weighted by Gasteiger charge is -2.08. The first-order valence-electron chi connectivity index (χ1n) is 7.71. The fourth-order valence-corrected chi connectivity index (χ4v) is 2.92. The van der Waals surface area contributed by atoms with Crippen molar-refractivity contribution in [1.82, 2.24) is 4.98 Å². The van der Waals surface area contributed by atoms with Crippen molar-refractivity contribution in [3.8, 4) is 28.2 Å². The maximum atomic E-state index is 14.4. The third kappa shape index (κ3) is 2.50. The maximum absolute atomic E-state index is 14.4. The van der Waals surface area contributed by atoms with Crippen molar-refractivity contribution in [3.63, 3.8) is 0 Å². The largest absolute Gasteiger partial charge is 0.497 e.